The number of aliphatic carboxylic acids is 2. The van der Waals surface area contributed by atoms with Crippen LogP contribution in [-0.2, 0) is 38.2 Å². The van der Waals surface area contributed by atoms with Gasteiger partial charge < -0.3 is 40.5 Å². The van der Waals surface area contributed by atoms with Gasteiger partial charge in [-0.3, -0.25) is 28.8 Å². The lowest BCUT2D eigenvalue weighted by Gasteiger charge is -2.24. The molecule has 0 spiro atoms. The first-order valence-electron chi connectivity index (χ1n) is 12.0. The molecule has 0 heterocycles. The molecule has 5 unspecified atom stereocenters. The molecule has 0 aromatic heterocycles. The van der Waals surface area contributed by atoms with Gasteiger partial charge in [-0.15, -0.1) is 0 Å². The first kappa shape index (κ1) is 35.2. The zero-order valence-corrected chi connectivity index (χ0v) is 22.5. The molecule has 0 fully saturated rings. The first-order valence-corrected chi connectivity index (χ1v) is 12.0. The Bertz CT molecular complexity index is 889. The number of rotatable bonds is 18. The molecule has 0 saturated heterocycles. The summed E-state index contributed by atoms with van der Waals surface area (Å²) >= 11 is 0. The highest BCUT2D eigenvalue weighted by Crippen LogP contribution is 2.22. The van der Waals surface area contributed by atoms with Crippen LogP contribution in [0.4, 0.5) is 0 Å². The lowest BCUT2D eigenvalue weighted by Crippen LogP contribution is -2.42. The minimum absolute atomic E-state index is 0.0183. The molecule has 0 rings (SSSR count). The fourth-order valence-corrected chi connectivity index (χ4v) is 2.88. The molecule has 14 nitrogen and oxygen atoms in total. The lowest BCUT2D eigenvalue weighted by molar-refractivity contribution is -0.174. The van der Waals surface area contributed by atoms with Crippen molar-refractivity contribution in [3.05, 3.63) is 24.3 Å². The van der Waals surface area contributed by atoms with E-state index in [4.69, 9.17) is 14.6 Å². The molecular formula is C25H38N2O12. The van der Waals surface area contributed by atoms with Crippen molar-refractivity contribution in [1.82, 2.24) is 10.6 Å². The summed E-state index contributed by atoms with van der Waals surface area (Å²) in [6.07, 6.45) is -3.80. The number of hydrogen-bond acceptors (Lipinski definition) is 10. The predicted molar refractivity (Wildman–Crippen MR) is 135 cm³/mol. The van der Waals surface area contributed by atoms with Crippen LogP contribution in [0.25, 0.3) is 0 Å². The number of carbonyl (C=O) groups excluding carboxylic acids is 4. The van der Waals surface area contributed by atoms with Gasteiger partial charge in [-0.1, -0.05) is 27.0 Å². The average molecular weight is 559 g/mol. The Kier molecular flexibility index (Phi) is 15.3. The zero-order valence-electron chi connectivity index (χ0n) is 22.5. The van der Waals surface area contributed by atoms with Gasteiger partial charge in [0, 0.05) is 36.1 Å². The molecule has 0 bridgehead atoms. The molecule has 0 aromatic rings. The van der Waals surface area contributed by atoms with Gasteiger partial charge in [0.2, 0.25) is 11.8 Å². The summed E-state index contributed by atoms with van der Waals surface area (Å²) in [5.41, 5.74) is 0.470. The second kappa shape index (κ2) is 16.9. The summed E-state index contributed by atoms with van der Waals surface area (Å²) in [4.78, 5) is 71.6. The van der Waals surface area contributed by atoms with Crippen molar-refractivity contribution in [2.45, 2.75) is 46.3 Å². The molecule has 220 valence electrons. The van der Waals surface area contributed by atoms with Gasteiger partial charge in [0.15, 0.2) is 5.92 Å². The Morgan fingerprint density at radius 1 is 0.744 bits per heavy atom. The maximum Gasteiger partial charge on any atom is 0.321 e. The smallest absolute Gasteiger partial charge is 0.321 e. The Morgan fingerprint density at radius 2 is 1.10 bits per heavy atom. The molecule has 0 aromatic carbocycles. The third-order valence-corrected chi connectivity index (χ3v) is 5.67. The number of ether oxygens (including phenoxy) is 2. The van der Waals surface area contributed by atoms with Crippen LogP contribution in [0.3, 0.4) is 0 Å². The molecule has 0 aliphatic heterocycles. The van der Waals surface area contributed by atoms with Crippen LogP contribution in [0.5, 0.6) is 0 Å². The number of hydrogen-bond donors (Lipinski definition) is 6. The lowest BCUT2D eigenvalue weighted by atomic mass is 9.89. The van der Waals surface area contributed by atoms with E-state index in [-0.39, 0.29) is 24.2 Å². The van der Waals surface area contributed by atoms with Crippen molar-refractivity contribution in [2.24, 2.45) is 23.7 Å². The maximum absolute atomic E-state index is 12.7. The molecule has 2 amide bonds. The fourth-order valence-electron chi connectivity index (χ4n) is 2.88. The topological polar surface area (TPSA) is 226 Å². The van der Waals surface area contributed by atoms with E-state index in [2.05, 4.69) is 23.8 Å². The molecule has 39 heavy (non-hydrogen) atoms. The van der Waals surface area contributed by atoms with Crippen molar-refractivity contribution in [3.8, 4) is 0 Å². The van der Waals surface area contributed by atoms with Crippen LogP contribution in [0.2, 0.25) is 0 Å². The van der Waals surface area contributed by atoms with Crippen molar-refractivity contribution < 1.29 is 58.7 Å². The summed E-state index contributed by atoms with van der Waals surface area (Å²) in [7, 11) is 0. The fraction of sp³-hybridized carbons (Fsp3) is 0.600. The van der Waals surface area contributed by atoms with Crippen LogP contribution in [0.15, 0.2) is 24.3 Å². The van der Waals surface area contributed by atoms with Gasteiger partial charge >= 0.3 is 23.9 Å². The molecule has 0 saturated carbocycles. The minimum atomic E-state index is -2.23. The molecule has 0 aliphatic rings. The quantitative estimate of drug-likeness (QED) is 0.0693. The number of carboxylic acid groups (broad SMARTS) is 2. The van der Waals surface area contributed by atoms with Gasteiger partial charge in [-0.05, 0) is 13.8 Å². The summed E-state index contributed by atoms with van der Waals surface area (Å²) in [6, 6.07) is 0. The van der Waals surface area contributed by atoms with Crippen molar-refractivity contribution in [3.63, 3.8) is 0 Å². The van der Waals surface area contributed by atoms with E-state index in [0.29, 0.717) is 0 Å². The summed E-state index contributed by atoms with van der Waals surface area (Å²) in [5, 5.41) is 44.1. The van der Waals surface area contributed by atoms with E-state index < -0.39 is 91.2 Å². The van der Waals surface area contributed by atoms with E-state index in [1.54, 1.807) is 0 Å². The van der Waals surface area contributed by atoms with Crippen LogP contribution >= 0.6 is 0 Å². The van der Waals surface area contributed by atoms with Crippen molar-refractivity contribution in [1.29, 1.82) is 0 Å². The second-order valence-corrected chi connectivity index (χ2v) is 9.35. The number of aliphatic hydroxyl groups excluding tert-OH is 2. The van der Waals surface area contributed by atoms with E-state index in [9.17, 15) is 44.1 Å². The molecule has 0 radical (unpaired) electrons. The molecular weight excluding hydrogens is 520 g/mol. The van der Waals surface area contributed by atoms with E-state index in [0.717, 1.165) is 0 Å². The number of carboxylic acids is 2. The molecule has 14 heteroatoms. The summed E-state index contributed by atoms with van der Waals surface area (Å²) < 4.78 is 9.84. The summed E-state index contributed by atoms with van der Waals surface area (Å²) in [6.45, 7) is 11.5. The Morgan fingerprint density at radius 3 is 1.38 bits per heavy atom. The van der Waals surface area contributed by atoms with Crippen molar-refractivity contribution in [2.75, 3.05) is 26.3 Å². The number of nitrogens with one attached hydrogen (secondary N) is 2. The molecule has 6 N–H and O–H groups in total. The average Bonchev–Trinajstić information content (AvgIpc) is 2.85. The highest BCUT2D eigenvalue weighted by Gasteiger charge is 2.43. The normalized spacial score (nSPS) is 15.3. The number of carbonyl (C=O) groups is 6. The van der Waals surface area contributed by atoms with Crippen LogP contribution < -0.4 is 10.6 Å². The third-order valence-electron chi connectivity index (χ3n) is 5.67. The van der Waals surface area contributed by atoms with Crippen LogP contribution in [-0.4, -0.2) is 94.6 Å². The van der Waals surface area contributed by atoms with Gasteiger partial charge in [0.25, 0.3) is 0 Å². The summed E-state index contributed by atoms with van der Waals surface area (Å²) in [5.74, 6) is -12.8. The Labute approximate surface area is 226 Å². The number of amides is 2. The molecule has 0 aliphatic carbocycles. The third kappa shape index (κ3) is 13.0. The van der Waals surface area contributed by atoms with Crippen LogP contribution in [0.1, 0.15) is 34.1 Å². The van der Waals surface area contributed by atoms with E-state index in [1.807, 2.05) is 0 Å². The highest BCUT2D eigenvalue weighted by atomic mass is 16.6. The van der Waals surface area contributed by atoms with Gasteiger partial charge in [-0.25, -0.2) is 0 Å². The monoisotopic (exact) mass is 558 g/mol. The van der Waals surface area contributed by atoms with Crippen molar-refractivity contribution >= 4 is 35.7 Å². The van der Waals surface area contributed by atoms with Gasteiger partial charge in [0.1, 0.15) is 13.2 Å². The van der Waals surface area contributed by atoms with Crippen LogP contribution in [0, 0.1) is 23.7 Å². The SMILES string of the molecule is C=C(C)C(=O)NCC(C)C(O)COC(=O)C(C(=O)OCC(O)C(C)CNC(=O)C(=C)C)C(CC(=O)O)C(=O)O. The minimum Gasteiger partial charge on any atom is -0.481 e. The first-order chi connectivity index (χ1) is 18.0. The van der Waals surface area contributed by atoms with Gasteiger partial charge in [0.05, 0.1) is 24.5 Å². The largest absolute Gasteiger partial charge is 0.481 e. The maximum atomic E-state index is 12.7. The standard InChI is InChI=1S/C25H38N2O12/c1-12(2)21(32)26-8-14(5)17(28)10-38-24(36)20(16(23(34)35)7-19(30)31)25(37)39-11-18(29)15(6)9-27-22(33)13(3)4/h14-18,20,28-29H,1,3,7-11H2,2,4-6H3,(H,26,32)(H,27,33)(H,30,31)(H,34,35). The number of esters is 2. The Balaban J connectivity index is 5.40. The highest BCUT2D eigenvalue weighted by molar-refractivity contribution is 6.00. The number of aliphatic hydroxyl groups is 2. The molecule has 5 atom stereocenters. The second-order valence-electron chi connectivity index (χ2n) is 9.35. The predicted octanol–water partition coefficient (Wildman–Crippen LogP) is -0.757. The van der Waals surface area contributed by atoms with Gasteiger partial charge in [-0.2, -0.15) is 0 Å². The Hall–Kier alpha value is -3.78. The van der Waals surface area contributed by atoms with E-state index >= 15 is 0 Å². The van der Waals surface area contributed by atoms with E-state index in [1.165, 1.54) is 27.7 Å². The zero-order chi connectivity index (χ0) is 30.4.